The zero-order chi connectivity index (χ0) is 43.6. The Morgan fingerprint density at radius 1 is 0.881 bits per heavy atom. The van der Waals surface area contributed by atoms with Crippen LogP contribution in [-0.4, -0.2) is 146 Å². The minimum Gasteiger partial charge on any atom is -0.453 e. The lowest BCUT2D eigenvalue weighted by Crippen LogP contribution is -2.69. The summed E-state index contributed by atoms with van der Waals surface area (Å²) in [7, 11) is -5.05. The molecule has 19 unspecified atom stereocenters. The third-order valence-corrected chi connectivity index (χ3v) is 17.0. The molecule has 18 heteroatoms. The van der Waals surface area contributed by atoms with Crippen molar-refractivity contribution in [3.05, 3.63) is 11.6 Å². The maximum atomic E-state index is 14.4. The van der Waals surface area contributed by atoms with Gasteiger partial charge in [-0.1, -0.05) is 53.2 Å². The number of allylic oxidation sites excluding steroid dienone is 1. The Morgan fingerprint density at radius 2 is 1.56 bits per heavy atom. The molecule has 3 aliphatic heterocycles. The summed E-state index contributed by atoms with van der Waals surface area (Å²) in [5.41, 5.74) is -6.11. The average Bonchev–Trinajstić information content (AvgIpc) is 3.51. The lowest BCUT2D eigenvalue weighted by molar-refractivity contribution is -0.362. The van der Waals surface area contributed by atoms with Gasteiger partial charge in [-0.2, -0.15) is 8.42 Å². The first-order valence-corrected chi connectivity index (χ1v) is 22.6. The van der Waals surface area contributed by atoms with Gasteiger partial charge in [-0.15, -0.1) is 0 Å². The number of carbonyl (C=O) groups is 1. The van der Waals surface area contributed by atoms with E-state index < -0.39 is 129 Å². The van der Waals surface area contributed by atoms with Crippen LogP contribution in [0.2, 0.25) is 0 Å². The second kappa shape index (κ2) is 15.1. The summed E-state index contributed by atoms with van der Waals surface area (Å²) < 4.78 is 67.6. The predicted molar refractivity (Wildman–Crippen MR) is 205 cm³/mol. The number of hydrogen-bond donors (Lipinski definition) is 8. The van der Waals surface area contributed by atoms with Crippen LogP contribution in [0.4, 0.5) is 0 Å². The van der Waals surface area contributed by atoms with E-state index in [0.717, 1.165) is 5.57 Å². The second-order valence-corrected chi connectivity index (χ2v) is 21.3. The van der Waals surface area contributed by atoms with E-state index in [1.54, 1.807) is 13.0 Å². The molecule has 7 rings (SSSR count). The Balaban J connectivity index is 1.16. The smallest absolute Gasteiger partial charge is 0.397 e. The molecule has 7 aliphatic rings. The van der Waals surface area contributed by atoms with Crippen LogP contribution in [0.25, 0.3) is 0 Å². The monoisotopic (exact) mass is 862 g/mol. The average molecular weight is 863 g/mol. The van der Waals surface area contributed by atoms with Gasteiger partial charge in [0.05, 0.1) is 31.0 Å². The van der Waals surface area contributed by atoms with Crippen LogP contribution in [0.15, 0.2) is 11.6 Å². The van der Waals surface area contributed by atoms with Crippen LogP contribution >= 0.6 is 0 Å². The Hall–Kier alpha value is -1.36. The van der Waals surface area contributed by atoms with Gasteiger partial charge in [-0.3, -0.25) is 9.35 Å². The molecule has 17 nitrogen and oxygen atoms in total. The van der Waals surface area contributed by atoms with Gasteiger partial charge in [0.15, 0.2) is 18.2 Å². The molecule has 1 spiro atoms. The minimum atomic E-state index is -5.05. The van der Waals surface area contributed by atoms with Crippen LogP contribution < -0.4 is 0 Å². The molecule has 3 saturated carbocycles. The molecule has 0 aromatic heterocycles. The van der Waals surface area contributed by atoms with Gasteiger partial charge < -0.3 is 59.4 Å². The Kier molecular flexibility index (Phi) is 11.7. The van der Waals surface area contributed by atoms with E-state index in [9.17, 15) is 53.5 Å². The minimum absolute atomic E-state index is 0.0514. The van der Waals surface area contributed by atoms with E-state index in [1.165, 1.54) is 6.92 Å². The van der Waals surface area contributed by atoms with E-state index in [4.69, 9.17) is 23.7 Å². The molecular weight excluding hydrogens is 797 g/mol. The van der Waals surface area contributed by atoms with Gasteiger partial charge in [-0.05, 0) is 99.2 Å². The van der Waals surface area contributed by atoms with Gasteiger partial charge >= 0.3 is 16.4 Å². The van der Waals surface area contributed by atoms with Crippen LogP contribution in [0, 0.1) is 39.4 Å². The molecule has 8 N–H and O–H groups in total. The topological polar surface area (TPSA) is 268 Å². The molecule has 0 bridgehead atoms. The van der Waals surface area contributed by atoms with Gasteiger partial charge in [-0.25, -0.2) is 4.18 Å². The van der Waals surface area contributed by atoms with Crippen molar-refractivity contribution >= 4 is 16.4 Å². The molecule has 0 radical (unpaired) electrons. The lowest BCUT2D eigenvalue weighted by atomic mass is 9.40. The summed E-state index contributed by atoms with van der Waals surface area (Å²) in [4.78, 5) is 14.4. The van der Waals surface area contributed by atoms with E-state index >= 15 is 0 Å². The highest BCUT2D eigenvalue weighted by Gasteiger charge is 2.86. The second-order valence-electron chi connectivity index (χ2n) is 20.3. The van der Waals surface area contributed by atoms with Crippen molar-refractivity contribution in [2.45, 2.75) is 192 Å². The number of carbonyl (C=O) groups excluding carboxylic acids is 1. The summed E-state index contributed by atoms with van der Waals surface area (Å²) >= 11 is 0. The number of ether oxygens (including phenoxy) is 5. The van der Waals surface area contributed by atoms with Gasteiger partial charge in [0.1, 0.15) is 47.6 Å². The SMILES string of the molecule is CC(C)CCC(O)C1(C)OC(=O)C23C(O)C=C4C(CCC5C4(C)CCC(OC4OCC(OS(=O)(=O)O)C(O)C4OC4OC(C)C(O)C(O)C4O)C5(C)C)C2(C)CCC13O. The molecule has 338 valence electrons. The van der Waals surface area contributed by atoms with E-state index in [2.05, 4.69) is 25.0 Å². The fourth-order valence-electron chi connectivity index (χ4n) is 13.1. The molecule has 19 atom stereocenters. The van der Waals surface area contributed by atoms with Crippen molar-refractivity contribution in [2.24, 2.45) is 39.4 Å². The van der Waals surface area contributed by atoms with Gasteiger partial charge in [0.25, 0.3) is 0 Å². The Morgan fingerprint density at radius 3 is 2.20 bits per heavy atom. The molecule has 4 aliphatic carbocycles. The third-order valence-electron chi connectivity index (χ3n) is 16.5. The molecule has 0 aromatic rings. The molecular formula is C41H66O17S. The van der Waals surface area contributed by atoms with Crippen LogP contribution in [0.3, 0.4) is 0 Å². The highest BCUT2D eigenvalue weighted by Crippen LogP contribution is 2.77. The number of esters is 1. The first kappa shape index (κ1) is 45.7. The maximum absolute atomic E-state index is 14.4. The highest BCUT2D eigenvalue weighted by atomic mass is 32.3. The summed E-state index contributed by atoms with van der Waals surface area (Å²) in [6, 6.07) is 0. The standard InChI is InChI=1S/C41H66O17S/c1-19(2)9-12-25(42)39(8)40(49)16-15-38(7)21-10-11-24-36(4,5)27(13-14-37(24,6)22(21)17-26(43)41(38,40)35(48)57-39)55-34-32(29(45)23(18-53-34)58-59(50,51)52)56-33-31(47)30(46)28(44)20(3)54-33/h17,19-21,23-34,42-47,49H,9-16,18H2,1-8H3,(H,50,51,52). The fourth-order valence-corrected chi connectivity index (χ4v) is 13.6. The van der Waals surface area contributed by atoms with Gasteiger partial charge in [0.2, 0.25) is 0 Å². The van der Waals surface area contributed by atoms with Crippen molar-refractivity contribution in [2.75, 3.05) is 6.61 Å². The predicted octanol–water partition coefficient (Wildman–Crippen LogP) is 1.27. The quantitative estimate of drug-likeness (QED) is 0.0665. The fraction of sp³-hybridized carbons (Fsp3) is 0.927. The van der Waals surface area contributed by atoms with Crippen LogP contribution in [-0.2, 0) is 43.1 Å². The molecule has 6 fully saturated rings. The van der Waals surface area contributed by atoms with Crippen molar-refractivity contribution in [1.29, 1.82) is 0 Å². The summed E-state index contributed by atoms with van der Waals surface area (Å²) in [6.07, 6.45) is -11.2. The largest absolute Gasteiger partial charge is 0.453 e. The number of aliphatic hydroxyl groups excluding tert-OH is 6. The Bertz CT molecular complexity index is 1760. The number of hydrogen-bond acceptors (Lipinski definition) is 16. The number of aliphatic hydroxyl groups is 7. The first-order chi connectivity index (χ1) is 27.2. The lowest BCUT2D eigenvalue weighted by Gasteiger charge is -2.64. The molecule has 59 heavy (non-hydrogen) atoms. The number of cyclic esters (lactones) is 1. The van der Waals surface area contributed by atoms with Crippen LogP contribution in [0.1, 0.15) is 107 Å². The zero-order valence-electron chi connectivity index (χ0n) is 35.3. The summed E-state index contributed by atoms with van der Waals surface area (Å²) in [5, 5.41) is 79.4. The van der Waals surface area contributed by atoms with Crippen molar-refractivity contribution in [3.63, 3.8) is 0 Å². The summed E-state index contributed by atoms with van der Waals surface area (Å²) in [6.45, 7) is 14.9. The van der Waals surface area contributed by atoms with Gasteiger partial charge in [0, 0.05) is 0 Å². The third kappa shape index (κ3) is 6.64. The Labute approximate surface area is 346 Å². The number of fused-ring (bicyclic) bond motifs is 4. The van der Waals surface area contributed by atoms with E-state index in [-0.39, 0.29) is 24.2 Å². The van der Waals surface area contributed by atoms with E-state index in [0.29, 0.717) is 44.9 Å². The normalized spacial score (nSPS) is 51.2. The maximum Gasteiger partial charge on any atom is 0.397 e. The molecule has 3 saturated heterocycles. The van der Waals surface area contributed by atoms with Crippen molar-refractivity contribution < 1.29 is 81.4 Å². The molecule has 3 heterocycles. The summed E-state index contributed by atoms with van der Waals surface area (Å²) in [5.74, 6) is -0.638. The zero-order valence-corrected chi connectivity index (χ0v) is 36.1. The highest BCUT2D eigenvalue weighted by molar-refractivity contribution is 7.80. The van der Waals surface area contributed by atoms with Crippen LogP contribution in [0.5, 0.6) is 0 Å². The molecule has 0 amide bonds. The van der Waals surface area contributed by atoms with Crippen molar-refractivity contribution in [3.8, 4) is 0 Å². The van der Waals surface area contributed by atoms with E-state index in [1.807, 2.05) is 20.8 Å². The number of rotatable bonds is 10. The van der Waals surface area contributed by atoms with Crippen molar-refractivity contribution in [1.82, 2.24) is 0 Å². The molecule has 0 aromatic carbocycles. The first-order valence-electron chi connectivity index (χ1n) is 21.2.